The van der Waals surface area contributed by atoms with E-state index in [2.05, 4.69) is 49.3 Å². The number of fused-ring (bicyclic) bond motifs is 1. The van der Waals surface area contributed by atoms with Crippen molar-refractivity contribution in [1.29, 1.82) is 0 Å². The first kappa shape index (κ1) is 25.4. The second kappa shape index (κ2) is 11.4. The molecule has 0 aliphatic rings. The van der Waals surface area contributed by atoms with Crippen LogP contribution in [0.1, 0.15) is 45.6 Å². The van der Waals surface area contributed by atoms with Gasteiger partial charge < -0.3 is 15.0 Å². The summed E-state index contributed by atoms with van der Waals surface area (Å²) in [6, 6.07) is 7.36. The summed E-state index contributed by atoms with van der Waals surface area (Å²) < 4.78 is 6.71. The Morgan fingerprint density at radius 3 is 2.81 bits per heavy atom. The van der Waals surface area contributed by atoms with Gasteiger partial charge in [-0.3, -0.25) is 9.51 Å². The van der Waals surface area contributed by atoms with E-state index >= 15 is 0 Å². The number of nitrogens with one attached hydrogen (secondary N) is 2. The van der Waals surface area contributed by atoms with Gasteiger partial charge in [-0.05, 0) is 37.8 Å². The van der Waals surface area contributed by atoms with Gasteiger partial charge in [0.2, 0.25) is 17.6 Å². The number of aliphatic hydroxyl groups excluding tert-OH is 1. The molecule has 3 aromatic heterocycles. The molecule has 3 heterocycles. The molecule has 188 valence electrons. The summed E-state index contributed by atoms with van der Waals surface area (Å²) in [4.78, 5) is 28.1. The summed E-state index contributed by atoms with van der Waals surface area (Å²) in [5, 5.41) is 16.9. The normalized spacial score (nSPS) is 13.0. The van der Waals surface area contributed by atoms with Crippen LogP contribution in [0.2, 0.25) is 5.02 Å². The zero-order valence-corrected chi connectivity index (χ0v) is 20.9. The van der Waals surface area contributed by atoms with Crippen LogP contribution in [0, 0.1) is 18.3 Å². The molecule has 2 unspecified atom stereocenters. The number of hydrogen-bond acceptors (Lipinski definition) is 8. The fourth-order valence-electron chi connectivity index (χ4n) is 4.19. The van der Waals surface area contributed by atoms with E-state index in [1.165, 1.54) is 0 Å². The van der Waals surface area contributed by atoms with Crippen LogP contribution in [0.15, 0.2) is 33.6 Å². The van der Waals surface area contributed by atoms with Gasteiger partial charge in [-0.15, -0.1) is 12.3 Å². The second-order valence-electron chi connectivity index (χ2n) is 8.77. The van der Waals surface area contributed by atoms with Crippen LogP contribution < -0.4 is 11.1 Å². The minimum atomic E-state index is -0.707. The number of benzene rings is 1. The Balaban J connectivity index is 1.86. The van der Waals surface area contributed by atoms with E-state index in [-0.39, 0.29) is 24.3 Å². The molecule has 0 spiro atoms. The van der Waals surface area contributed by atoms with Gasteiger partial charge in [-0.2, -0.15) is 4.98 Å². The first-order chi connectivity index (χ1) is 17.4. The lowest BCUT2D eigenvalue weighted by atomic mass is 9.99. The molecular weight excluding hydrogens is 482 g/mol. The first-order valence-corrected chi connectivity index (χ1v) is 12.2. The third-order valence-electron chi connectivity index (χ3n) is 5.92. The van der Waals surface area contributed by atoms with E-state index in [0.717, 1.165) is 31.2 Å². The lowest BCUT2D eigenvalue weighted by molar-refractivity contribution is 0.310. The van der Waals surface area contributed by atoms with E-state index in [9.17, 15) is 9.90 Å². The summed E-state index contributed by atoms with van der Waals surface area (Å²) in [5.41, 5.74) is 2.45. The first-order valence-electron chi connectivity index (χ1n) is 11.8. The molecule has 10 nitrogen and oxygen atoms in total. The van der Waals surface area contributed by atoms with Gasteiger partial charge in [0.05, 0.1) is 6.61 Å². The smallest absolute Gasteiger partial charge is 0.395 e. The van der Waals surface area contributed by atoms with Gasteiger partial charge in [0.1, 0.15) is 11.2 Å². The van der Waals surface area contributed by atoms with Gasteiger partial charge in [0.25, 0.3) is 0 Å². The van der Waals surface area contributed by atoms with Crippen molar-refractivity contribution in [3.05, 3.63) is 39.8 Å². The minimum Gasteiger partial charge on any atom is -0.395 e. The summed E-state index contributed by atoms with van der Waals surface area (Å²) in [6.07, 6.45) is 9.09. The van der Waals surface area contributed by atoms with Crippen LogP contribution in [0.25, 0.3) is 34.1 Å². The average Bonchev–Trinajstić information content (AvgIpc) is 3.45. The Hall–Kier alpha value is -3.68. The SMILES string of the molecule is C#CCC(C)CCCC(C)n1c(NCCO)nc2nc(-c3noc(=O)[nH]3)nc(-c3cccc(Cl)c3)c21. The number of aromatic amines is 1. The highest BCUT2D eigenvalue weighted by molar-refractivity contribution is 6.30. The molecule has 11 heteroatoms. The highest BCUT2D eigenvalue weighted by atomic mass is 35.5. The third kappa shape index (κ3) is 5.58. The Bertz CT molecular complexity index is 1440. The van der Waals surface area contributed by atoms with E-state index in [1.54, 1.807) is 6.07 Å². The highest BCUT2D eigenvalue weighted by Crippen LogP contribution is 2.35. The van der Waals surface area contributed by atoms with Crippen molar-refractivity contribution in [2.24, 2.45) is 5.92 Å². The van der Waals surface area contributed by atoms with Crippen molar-refractivity contribution in [1.82, 2.24) is 29.7 Å². The van der Waals surface area contributed by atoms with Gasteiger partial charge in [-0.1, -0.05) is 42.2 Å². The average molecular weight is 510 g/mol. The maximum absolute atomic E-state index is 11.6. The molecule has 1 aromatic carbocycles. The van der Waals surface area contributed by atoms with Crippen LogP contribution in [0.5, 0.6) is 0 Å². The molecule has 0 bridgehead atoms. The predicted molar refractivity (Wildman–Crippen MR) is 139 cm³/mol. The molecule has 0 fully saturated rings. The standard InChI is InChI=1S/C25H28ClN7O3/c1-4-7-15(2)8-5-9-16(3)33-20-19(17-10-6-11-18(26)14-17)28-22(23-31-25(35)36-32-23)29-21(20)30-24(33)27-12-13-34/h1,6,10-11,14-16,34H,5,7-9,12-13H2,2-3H3,(H,31,32,35)(H,27,28,29,30). The quantitative estimate of drug-likeness (QED) is 0.255. The third-order valence-corrected chi connectivity index (χ3v) is 6.15. The van der Waals surface area contributed by atoms with Crippen LogP contribution >= 0.6 is 11.6 Å². The molecular formula is C25H28ClN7O3. The van der Waals surface area contributed by atoms with Crippen molar-refractivity contribution in [3.8, 4) is 35.2 Å². The zero-order valence-electron chi connectivity index (χ0n) is 20.2. The van der Waals surface area contributed by atoms with E-state index in [4.69, 9.17) is 28.0 Å². The van der Waals surface area contributed by atoms with Gasteiger partial charge >= 0.3 is 5.76 Å². The van der Waals surface area contributed by atoms with Crippen molar-refractivity contribution in [2.45, 2.75) is 45.6 Å². The fourth-order valence-corrected chi connectivity index (χ4v) is 4.38. The largest absolute Gasteiger partial charge is 0.439 e. The van der Waals surface area contributed by atoms with Crippen LogP contribution in [-0.2, 0) is 0 Å². The molecule has 4 rings (SSSR count). The maximum atomic E-state index is 11.6. The minimum absolute atomic E-state index is 0.0356. The molecule has 0 saturated heterocycles. The zero-order chi connectivity index (χ0) is 25.7. The van der Waals surface area contributed by atoms with Crippen molar-refractivity contribution < 1.29 is 9.63 Å². The lowest BCUT2D eigenvalue weighted by Gasteiger charge is -2.20. The molecule has 2 atom stereocenters. The molecule has 0 saturated carbocycles. The Labute approximate surface area is 213 Å². The number of hydrogen-bond donors (Lipinski definition) is 3. The summed E-state index contributed by atoms with van der Waals surface area (Å²) in [6.45, 7) is 4.53. The number of halogens is 1. The number of imidazole rings is 1. The monoisotopic (exact) mass is 509 g/mol. The lowest BCUT2D eigenvalue weighted by Crippen LogP contribution is -2.14. The molecule has 0 amide bonds. The Morgan fingerprint density at radius 1 is 1.28 bits per heavy atom. The molecule has 0 radical (unpaired) electrons. The summed E-state index contributed by atoms with van der Waals surface area (Å²) in [5.74, 6) is 3.30. The molecule has 3 N–H and O–H groups in total. The number of aromatic nitrogens is 6. The number of aliphatic hydroxyl groups is 1. The number of H-pyrrole nitrogens is 1. The Morgan fingerprint density at radius 2 is 2.11 bits per heavy atom. The summed E-state index contributed by atoms with van der Waals surface area (Å²) in [7, 11) is 0. The van der Waals surface area contributed by atoms with E-state index < -0.39 is 5.76 Å². The number of rotatable bonds is 11. The van der Waals surface area contributed by atoms with Crippen molar-refractivity contribution in [2.75, 3.05) is 18.5 Å². The van der Waals surface area contributed by atoms with Crippen LogP contribution in [0.3, 0.4) is 0 Å². The van der Waals surface area contributed by atoms with Gasteiger partial charge in [0.15, 0.2) is 5.65 Å². The highest BCUT2D eigenvalue weighted by Gasteiger charge is 2.24. The predicted octanol–water partition coefficient (Wildman–Crippen LogP) is 4.28. The van der Waals surface area contributed by atoms with Crippen molar-refractivity contribution >= 4 is 28.7 Å². The van der Waals surface area contributed by atoms with Crippen LogP contribution in [0.4, 0.5) is 5.95 Å². The van der Waals surface area contributed by atoms with Crippen molar-refractivity contribution in [3.63, 3.8) is 0 Å². The maximum Gasteiger partial charge on any atom is 0.439 e. The second-order valence-corrected chi connectivity index (χ2v) is 9.21. The fraction of sp³-hybridized carbons (Fsp3) is 0.400. The van der Waals surface area contributed by atoms with Gasteiger partial charge in [-0.25, -0.2) is 14.8 Å². The molecule has 4 aromatic rings. The number of nitrogens with zero attached hydrogens (tertiary/aromatic N) is 5. The number of anilines is 1. The van der Waals surface area contributed by atoms with E-state index in [0.29, 0.717) is 40.3 Å². The number of terminal acetylenes is 1. The Kier molecular flexibility index (Phi) is 8.03. The van der Waals surface area contributed by atoms with Crippen LogP contribution in [-0.4, -0.2) is 47.9 Å². The molecule has 36 heavy (non-hydrogen) atoms. The molecule has 0 aliphatic heterocycles. The van der Waals surface area contributed by atoms with Gasteiger partial charge in [0, 0.05) is 29.6 Å². The molecule has 0 aliphatic carbocycles. The van der Waals surface area contributed by atoms with E-state index in [1.807, 2.05) is 18.2 Å². The topological polar surface area (TPSA) is 135 Å². The summed E-state index contributed by atoms with van der Waals surface area (Å²) >= 11 is 6.31.